The van der Waals surface area contributed by atoms with Gasteiger partial charge in [0.25, 0.3) is 5.91 Å². The third-order valence-electron chi connectivity index (χ3n) is 5.02. The zero-order valence-electron chi connectivity index (χ0n) is 17.2. The largest absolute Gasteiger partial charge is 0.478 e. The Bertz CT molecular complexity index is 1090. The van der Waals surface area contributed by atoms with Crippen molar-refractivity contribution < 1.29 is 19.5 Å². The summed E-state index contributed by atoms with van der Waals surface area (Å²) in [7, 11) is 0. The average molecular weight is 439 g/mol. The molecule has 0 spiro atoms. The summed E-state index contributed by atoms with van der Waals surface area (Å²) in [5, 5.41) is 15.4. The van der Waals surface area contributed by atoms with Gasteiger partial charge >= 0.3 is 5.97 Å². The monoisotopic (exact) mass is 438 g/mol. The van der Waals surface area contributed by atoms with E-state index in [1.54, 1.807) is 30.3 Å². The zero-order valence-corrected chi connectivity index (χ0v) is 18.0. The minimum atomic E-state index is -1.02. The first-order valence-corrected chi connectivity index (χ1v) is 10.2. The molecule has 3 N–H and O–H groups in total. The molecule has 1 aromatic rings. The Morgan fingerprint density at radius 1 is 0.935 bits per heavy atom. The highest BCUT2D eigenvalue weighted by molar-refractivity contribution is 6.30. The van der Waals surface area contributed by atoms with Gasteiger partial charge in [-0.1, -0.05) is 49.7 Å². The van der Waals surface area contributed by atoms with Crippen molar-refractivity contribution in [2.24, 2.45) is 0 Å². The molecule has 2 aliphatic rings. The summed E-state index contributed by atoms with van der Waals surface area (Å²) in [6.45, 7) is 4.09. The maximum atomic E-state index is 12.2. The summed E-state index contributed by atoms with van der Waals surface area (Å²) in [6, 6.07) is 15.5. The Balaban J connectivity index is 1.68. The predicted molar refractivity (Wildman–Crippen MR) is 120 cm³/mol. The van der Waals surface area contributed by atoms with Crippen LogP contribution in [0.4, 0.5) is 0 Å². The van der Waals surface area contributed by atoms with E-state index in [1.165, 1.54) is 0 Å². The number of carbonyl (C=O) groups is 3. The highest BCUT2D eigenvalue weighted by atomic mass is 35.5. The van der Waals surface area contributed by atoms with Crippen LogP contribution in [0.2, 0.25) is 5.02 Å². The van der Waals surface area contributed by atoms with Crippen LogP contribution in [0.25, 0.3) is 11.1 Å². The molecule has 0 atom stereocenters. The molecule has 160 valence electrons. The lowest BCUT2D eigenvalue weighted by atomic mass is 10.1. The second kappa shape index (κ2) is 9.62. The van der Waals surface area contributed by atoms with Crippen LogP contribution < -0.4 is 10.6 Å². The van der Waals surface area contributed by atoms with Crippen molar-refractivity contribution in [3.8, 4) is 11.1 Å². The lowest BCUT2D eigenvalue weighted by Gasteiger charge is -2.07. The highest BCUT2D eigenvalue weighted by Gasteiger charge is 2.20. The van der Waals surface area contributed by atoms with E-state index in [-0.39, 0.29) is 30.5 Å². The van der Waals surface area contributed by atoms with Crippen LogP contribution in [-0.4, -0.2) is 29.4 Å². The molecule has 0 bridgehead atoms. The first-order valence-electron chi connectivity index (χ1n) is 9.85. The number of aromatic carboxylic acids is 1. The number of carboxylic acids is 1. The number of carboxylic acid groups (broad SMARTS) is 1. The molecule has 1 aromatic carbocycles. The predicted octanol–water partition coefficient (Wildman–Crippen LogP) is 4.31. The van der Waals surface area contributed by atoms with Gasteiger partial charge in [0.1, 0.15) is 0 Å². The lowest BCUT2D eigenvalue weighted by molar-refractivity contribution is -0.120. The van der Waals surface area contributed by atoms with Crippen LogP contribution >= 0.6 is 11.6 Å². The molecule has 0 unspecified atom stereocenters. The minimum Gasteiger partial charge on any atom is -0.478 e. The molecule has 0 saturated heterocycles. The van der Waals surface area contributed by atoms with Crippen molar-refractivity contribution in [2.45, 2.75) is 26.3 Å². The molecular weight excluding hydrogens is 416 g/mol. The SMILES string of the molecule is CC(C)c1ccc2c(CNC(=O)CNC(=O)c3ccc(Cl)cc3)cc(C(=O)O)c-2cc1. The van der Waals surface area contributed by atoms with Gasteiger partial charge in [-0.15, -0.1) is 0 Å². The average Bonchev–Trinajstić information content (AvgIpc) is 2.93. The number of nitrogens with one attached hydrogen (secondary N) is 2. The summed E-state index contributed by atoms with van der Waals surface area (Å²) in [5.41, 5.74) is 3.79. The van der Waals surface area contributed by atoms with E-state index in [4.69, 9.17) is 11.6 Å². The summed E-state index contributed by atoms with van der Waals surface area (Å²) >= 11 is 5.81. The first-order chi connectivity index (χ1) is 14.8. The molecule has 3 rings (SSSR count). The van der Waals surface area contributed by atoms with Crippen molar-refractivity contribution in [1.29, 1.82) is 0 Å². The van der Waals surface area contributed by atoms with E-state index >= 15 is 0 Å². The Labute approximate surface area is 185 Å². The van der Waals surface area contributed by atoms with Gasteiger partial charge in [0.2, 0.25) is 5.91 Å². The molecule has 6 nitrogen and oxygen atoms in total. The fraction of sp³-hybridized carbons (Fsp3) is 0.208. The van der Waals surface area contributed by atoms with E-state index in [0.717, 1.165) is 11.1 Å². The molecule has 0 saturated carbocycles. The van der Waals surface area contributed by atoms with E-state index in [1.807, 2.05) is 24.3 Å². The molecular formula is C24H23ClN2O4. The van der Waals surface area contributed by atoms with Crippen molar-refractivity contribution in [3.05, 3.63) is 81.9 Å². The standard InChI is InChI=1S/C24H23ClN2O4/c1-14(2)15-5-9-19-17(11-21(24(30)31)20(19)10-6-15)12-26-22(28)13-27-23(29)16-3-7-18(25)8-4-16/h3-11,14H,12-13H2,1-2H3,(H,26,28)(H,27,29)(H,30,31). The van der Waals surface area contributed by atoms with Crippen LogP contribution in [0.1, 0.15) is 51.6 Å². The number of hydrogen-bond donors (Lipinski definition) is 3. The number of rotatable bonds is 7. The third-order valence-corrected chi connectivity index (χ3v) is 5.27. The molecule has 2 aliphatic carbocycles. The van der Waals surface area contributed by atoms with Gasteiger partial charge in [0, 0.05) is 17.1 Å². The van der Waals surface area contributed by atoms with Crippen LogP contribution in [0.3, 0.4) is 0 Å². The molecule has 0 radical (unpaired) electrons. The van der Waals surface area contributed by atoms with Gasteiger partial charge in [0.15, 0.2) is 0 Å². The van der Waals surface area contributed by atoms with Gasteiger partial charge in [-0.25, -0.2) is 4.79 Å². The Morgan fingerprint density at radius 2 is 1.58 bits per heavy atom. The van der Waals surface area contributed by atoms with Gasteiger partial charge < -0.3 is 15.7 Å². The Kier molecular flexibility index (Phi) is 6.92. The second-order valence-corrected chi connectivity index (χ2v) is 7.94. The molecule has 0 aliphatic heterocycles. The molecule has 0 fully saturated rings. The smallest absolute Gasteiger partial charge is 0.336 e. The van der Waals surface area contributed by atoms with Crippen LogP contribution in [0.15, 0.2) is 54.6 Å². The van der Waals surface area contributed by atoms with E-state index in [9.17, 15) is 19.5 Å². The number of fused-ring (bicyclic) bond motifs is 1. The van der Waals surface area contributed by atoms with Crippen LogP contribution in [0.5, 0.6) is 0 Å². The van der Waals surface area contributed by atoms with Gasteiger partial charge in [-0.05, 0) is 58.5 Å². The Morgan fingerprint density at radius 3 is 2.19 bits per heavy atom. The number of amides is 2. The summed E-state index contributed by atoms with van der Waals surface area (Å²) < 4.78 is 0. The van der Waals surface area contributed by atoms with Crippen LogP contribution in [0, 0.1) is 0 Å². The third kappa shape index (κ3) is 5.41. The lowest BCUT2D eigenvalue weighted by Crippen LogP contribution is -2.36. The second-order valence-electron chi connectivity index (χ2n) is 7.50. The molecule has 7 heteroatoms. The molecule has 31 heavy (non-hydrogen) atoms. The Hall–Kier alpha value is -3.38. The molecule has 0 heterocycles. The minimum absolute atomic E-state index is 0.153. The summed E-state index contributed by atoms with van der Waals surface area (Å²) in [5.74, 6) is -1.48. The zero-order chi connectivity index (χ0) is 22.5. The quantitative estimate of drug-likeness (QED) is 0.512. The fourth-order valence-corrected chi connectivity index (χ4v) is 3.39. The fourth-order valence-electron chi connectivity index (χ4n) is 3.27. The van der Waals surface area contributed by atoms with Crippen molar-refractivity contribution in [2.75, 3.05) is 6.54 Å². The molecule has 0 aromatic heterocycles. The van der Waals surface area contributed by atoms with E-state index < -0.39 is 5.97 Å². The van der Waals surface area contributed by atoms with Crippen molar-refractivity contribution in [3.63, 3.8) is 0 Å². The number of benzene rings is 1. The van der Waals surface area contributed by atoms with Crippen molar-refractivity contribution in [1.82, 2.24) is 10.6 Å². The van der Waals surface area contributed by atoms with Gasteiger partial charge in [-0.3, -0.25) is 9.59 Å². The maximum absolute atomic E-state index is 12.2. The van der Waals surface area contributed by atoms with Gasteiger partial charge in [0.05, 0.1) is 12.1 Å². The maximum Gasteiger partial charge on any atom is 0.336 e. The number of hydrogen-bond acceptors (Lipinski definition) is 3. The molecule has 2 amide bonds. The normalized spacial score (nSPS) is 10.8. The number of carbonyl (C=O) groups excluding carboxylic acids is 2. The van der Waals surface area contributed by atoms with Crippen LogP contribution in [-0.2, 0) is 11.3 Å². The number of halogens is 1. The van der Waals surface area contributed by atoms with Gasteiger partial charge in [-0.2, -0.15) is 0 Å². The summed E-state index contributed by atoms with van der Waals surface area (Å²) in [6.07, 6.45) is 0. The summed E-state index contributed by atoms with van der Waals surface area (Å²) in [4.78, 5) is 36.0. The topological polar surface area (TPSA) is 95.5 Å². The highest BCUT2D eigenvalue weighted by Crippen LogP contribution is 2.33. The van der Waals surface area contributed by atoms with E-state index in [0.29, 0.717) is 27.6 Å². The van der Waals surface area contributed by atoms with Crippen molar-refractivity contribution >= 4 is 29.4 Å². The van der Waals surface area contributed by atoms with E-state index in [2.05, 4.69) is 24.5 Å². The first kappa shape index (κ1) is 22.3.